The number of nitrogens with two attached hydrogens (primary N) is 1. The third-order valence-corrected chi connectivity index (χ3v) is 4.77. The van der Waals surface area contributed by atoms with Crippen LogP contribution in [0.1, 0.15) is 61.8 Å². The predicted octanol–water partition coefficient (Wildman–Crippen LogP) is 4.78. The minimum atomic E-state index is -0.483. The summed E-state index contributed by atoms with van der Waals surface area (Å²) in [7, 11) is 0. The maximum atomic E-state index is 15.2. The van der Waals surface area contributed by atoms with Crippen LogP contribution in [-0.2, 0) is 0 Å². The fraction of sp³-hybridized carbons (Fsp3) is 0.333. The summed E-state index contributed by atoms with van der Waals surface area (Å²) in [5, 5.41) is 7.02. The molecule has 0 amide bonds. The van der Waals surface area contributed by atoms with Crippen LogP contribution in [0.15, 0.2) is 35.6 Å². The van der Waals surface area contributed by atoms with Gasteiger partial charge >= 0.3 is 6.01 Å². The van der Waals surface area contributed by atoms with Crippen LogP contribution in [-0.4, -0.2) is 22.0 Å². The van der Waals surface area contributed by atoms with E-state index in [2.05, 4.69) is 15.0 Å². The number of nitrogens with zero attached hydrogens (tertiary/aromatic N) is 3. The molecule has 6 nitrogen and oxygen atoms in total. The normalized spacial score (nSPS) is 15.1. The summed E-state index contributed by atoms with van der Waals surface area (Å²) >= 11 is 0. The maximum absolute atomic E-state index is 15.2. The molecule has 0 aliphatic heterocycles. The molecule has 146 valence electrons. The second-order valence-corrected chi connectivity index (χ2v) is 7.05. The van der Waals surface area contributed by atoms with Gasteiger partial charge in [-0.05, 0) is 36.8 Å². The van der Waals surface area contributed by atoms with E-state index in [1.165, 1.54) is 12.3 Å². The number of halogens is 1. The highest BCUT2D eigenvalue weighted by Crippen LogP contribution is 2.43. The molecular formula is C21H24FN5O. The molecule has 0 radical (unpaired) electrons. The molecule has 1 fully saturated rings. The van der Waals surface area contributed by atoms with E-state index in [9.17, 15) is 0 Å². The van der Waals surface area contributed by atoms with Crippen molar-refractivity contribution in [2.45, 2.75) is 44.9 Å². The van der Waals surface area contributed by atoms with Crippen LogP contribution in [0, 0.1) is 11.2 Å². The van der Waals surface area contributed by atoms with Crippen molar-refractivity contribution in [3.63, 3.8) is 0 Å². The summed E-state index contributed by atoms with van der Waals surface area (Å²) in [5.41, 5.74) is 7.45. The van der Waals surface area contributed by atoms with E-state index in [1.807, 2.05) is 26.0 Å². The fourth-order valence-corrected chi connectivity index (χ4v) is 2.92. The summed E-state index contributed by atoms with van der Waals surface area (Å²) < 4.78 is 21.1. The van der Waals surface area contributed by atoms with E-state index in [-0.39, 0.29) is 29.4 Å². The number of amidine groups is 1. The van der Waals surface area contributed by atoms with Crippen molar-refractivity contribution in [3.05, 3.63) is 53.2 Å². The molecule has 3 rings (SSSR count). The summed E-state index contributed by atoms with van der Waals surface area (Å²) in [5.74, 6) is 0.216. The molecule has 1 heterocycles. The molecule has 1 aliphatic rings. The van der Waals surface area contributed by atoms with E-state index in [4.69, 9.17) is 15.9 Å². The molecule has 1 saturated carbocycles. The molecule has 1 aromatic carbocycles. The number of rotatable bonds is 7. The smallest absolute Gasteiger partial charge is 0.322 e. The molecule has 7 heteroatoms. The number of benzene rings is 1. The molecule has 0 spiro atoms. The van der Waals surface area contributed by atoms with E-state index in [1.54, 1.807) is 12.3 Å². The molecule has 0 saturated heterocycles. The molecule has 3 N–H and O–H groups in total. The first-order valence-electron chi connectivity index (χ1n) is 9.33. The summed E-state index contributed by atoms with van der Waals surface area (Å²) in [6.45, 7) is 4.05. The van der Waals surface area contributed by atoms with Crippen LogP contribution < -0.4 is 10.5 Å². The topological polar surface area (TPSA) is 97.2 Å². The number of nitrogens with one attached hydrogen (secondary N) is 1. The lowest BCUT2D eigenvalue weighted by molar-refractivity contribution is 0.369. The first-order valence-corrected chi connectivity index (χ1v) is 9.33. The van der Waals surface area contributed by atoms with Crippen molar-refractivity contribution in [3.8, 4) is 11.8 Å². The zero-order valence-corrected chi connectivity index (χ0v) is 16.0. The molecule has 0 bridgehead atoms. The summed E-state index contributed by atoms with van der Waals surface area (Å²) in [6, 6.07) is 5.55. The van der Waals surface area contributed by atoms with Gasteiger partial charge in [-0.1, -0.05) is 32.4 Å². The van der Waals surface area contributed by atoms with Gasteiger partial charge < -0.3 is 15.9 Å². The number of aromatic nitrogens is 2. The summed E-state index contributed by atoms with van der Waals surface area (Å²) in [4.78, 5) is 12.4. The highest BCUT2D eigenvalue weighted by atomic mass is 19.1. The van der Waals surface area contributed by atoms with Gasteiger partial charge in [-0.3, -0.25) is 0 Å². The van der Waals surface area contributed by atoms with E-state index < -0.39 is 5.82 Å². The Balaban J connectivity index is 1.97. The SMILES string of the molecule is CC(C)c1ccnc(Oc2c(C3CCC3)ccc(/C=C/N=C(/N)C=N)c2F)n1. The molecule has 28 heavy (non-hydrogen) atoms. The number of ether oxygens (including phenoxy) is 1. The standard InChI is InChI=1S/C21H24FN5O/c1-13(2)17-9-11-26-21(27-17)28-20-16(14-4-3-5-14)7-6-15(19(20)22)8-10-25-18(24)12-23/h6-14,23H,3-5H2,1-2H3,(H2,24,25)/b10-8+,23-12?. The second kappa shape index (κ2) is 8.73. The van der Waals surface area contributed by atoms with Crippen molar-refractivity contribution in [1.82, 2.24) is 9.97 Å². The van der Waals surface area contributed by atoms with Crippen molar-refractivity contribution < 1.29 is 9.13 Å². The van der Waals surface area contributed by atoms with Crippen molar-refractivity contribution in [1.29, 1.82) is 5.41 Å². The third kappa shape index (κ3) is 4.42. The van der Waals surface area contributed by atoms with Gasteiger partial charge in [0.05, 0.1) is 11.9 Å². The van der Waals surface area contributed by atoms with Gasteiger partial charge in [0, 0.05) is 23.5 Å². The van der Waals surface area contributed by atoms with Crippen molar-refractivity contribution in [2.24, 2.45) is 10.7 Å². The van der Waals surface area contributed by atoms with E-state index in [0.717, 1.165) is 36.7 Å². The van der Waals surface area contributed by atoms with Gasteiger partial charge in [0.25, 0.3) is 0 Å². The fourth-order valence-electron chi connectivity index (χ4n) is 2.92. The average Bonchev–Trinajstić information content (AvgIpc) is 2.65. The van der Waals surface area contributed by atoms with Gasteiger partial charge in [0.15, 0.2) is 11.6 Å². The Morgan fingerprint density at radius 1 is 1.36 bits per heavy atom. The Bertz CT molecular complexity index is 919. The van der Waals surface area contributed by atoms with E-state index >= 15 is 4.39 Å². The third-order valence-electron chi connectivity index (χ3n) is 4.77. The van der Waals surface area contributed by atoms with Gasteiger partial charge in [0.2, 0.25) is 0 Å². The highest BCUT2D eigenvalue weighted by Gasteiger charge is 2.26. The predicted molar refractivity (Wildman–Crippen MR) is 109 cm³/mol. The van der Waals surface area contributed by atoms with Gasteiger partial charge in [-0.15, -0.1) is 0 Å². The Morgan fingerprint density at radius 2 is 2.14 bits per heavy atom. The first kappa shape index (κ1) is 19.7. The molecule has 1 aromatic heterocycles. The minimum absolute atomic E-state index is 0.0399. The number of aliphatic imine (C=N–C) groups is 1. The molecule has 0 atom stereocenters. The maximum Gasteiger partial charge on any atom is 0.322 e. The molecule has 0 unspecified atom stereocenters. The van der Waals surface area contributed by atoms with Crippen LogP contribution >= 0.6 is 0 Å². The van der Waals surface area contributed by atoms with Gasteiger partial charge in [-0.2, -0.15) is 4.98 Å². The minimum Gasteiger partial charge on any atom is -0.421 e. The highest BCUT2D eigenvalue weighted by molar-refractivity contribution is 6.27. The van der Waals surface area contributed by atoms with Crippen molar-refractivity contribution >= 4 is 18.1 Å². The van der Waals surface area contributed by atoms with Gasteiger partial charge in [0.1, 0.15) is 5.84 Å². The monoisotopic (exact) mass is 381 g/mol. The van der Waals surface area contributed by atoms with Crippen molar-refractivity contribution in [2.75, 3.05) is 0 Å². The number of hydrogen-bond acceptors (Lipinski definition) is 5. The van der Waals surface area contributed by atoms with Crippen LogP contribution in [0.4, 0.5) is 4.39 Å². The zero-order valence-electron chi connectivity index (χ0n) is 16.0. The molecule has 2 aromatic rings. The van der Waals surface area contributed by atoms with Crippen LogP contribution in [0.3, 0.4) is 0 Å². The molecular weight excluding hydrogens is 357 g/mol. The largest absolute Gasteiger partial charge is 0.421 e. The Labute approximate surface area is 163 Å². The quantitative estimate of drug-likeness (QED) is 0.533. The number of hydrogen-bond donors (Lipinski definition) is 2. The van der Waals surface area contributed by atoms with E-state index in [0.29, 0.717) is 5.56 Å². The van der Waals surface area contributed by atoms with Crippen LogP contribution in [0.5, 0.6) is 11.8 Å². The Hall–Kier alpha value is -3.09. The van der Waals surface area contributed by atoms with Crippen LogP contribution in [0.2, 0.25) is 0 Å². The second-order valence-electron chi connectivity index (χ2n) is 7.05. The Morgan fingerprint density at radius 3 is 2.79 bits per heavy atom. The lowest BCUT2D eigenvalue weighted by Gasteiger charge is -2.27. The van der Waals surface area contributed by atoms with Crippen LogP contribution in [0.25, 0.3) is 6.08 Å². The zero-order chi connectivity index (χ0) is 20.1. The summed E-state index contributed by atoms with van der Waals surface area (Å²) in [6.07, 6.45) is 8.56. The average molecular weight is 381 g/mol. The first-order chi connectivity index (χ1) is 13.5. The molecule has 1 aliphatic carbocycles. The van der Waals surface area contributed by atoms with Gasteiger partial charge in [-0.25, -0.2) is 14.4 Å². The lowest BCUT2D eigenvalue weighted by atomic mass is 9.79. The lowest BCUT2D eigenvalue weighted by Crippen LogP contribution is -2.12. The Kier molecular flexibility index (Phi) is 6.13.